The van der Waals surface area contributed by atoms with Gasteiger partial charge in [-0.25, -0.2) is 26.4 Å². The molecular weight excluding hydrogens is 961 g/mol. The van der Waals surface area contributed by atoms with Crippen molar-refractivity contribution in [1.82, 2.24) is 0 Å². The van der Waals surface area contributed by atoms with E-state index in [1.54, 1.807) is 18.2 Å². The first-order chi connectivity index (χ1) is 29.9. The van der Waals surface area contributed by atoms with Gasteiger partial charge in [0.1, 0.15) is 18.1 Å². The second kappa shape index (κ2) is 42.9. The van der Waals surface area contributed by atoms with Crippen molar-refractivity contribution in [2.45, 2.75) is 41.5 Å². The number of amides is 1. The van der Waals surface area contributed by atoms with Crippen LogP contribution < -0.4 is 15.1 Å². The third kappa shape index (κ3) is 36.8. The molecule has 18 nitrogen and oxygen atoms in total. The van der Waals surface area contributed by atoms with E-state index in [0.717, 1.165) is 43.0 Å². The molecule has 63 heavy (non-hydrogen) atoms. The summed E-state index contributed by atoms with van der Waals surface area (Å²) in [4.78, 5) is 30.0. The zero-order chi connectivity index (χ0) is 49.1. The monoisotopic (exact) mass is 1020 g/mol. The maximum atomic E-state index is 11.7. The van der Waals surface area contributed by atoms with Gasteiger partial charge in [0.2, 0.25) is 6.08 Å². The number of rotatable bonds is 19. The molecule has 0 fully saturated rings. The molecule has 2 rings (SSSR count). The molecule has 0 heterocycles. The van der Waals surface area contributed by atoms with Gasteiger partial charge in [0.15, 0.2) is 19.7 Å². The number of aliphatic hydroxyl groups excluding tert-OH is 3. The number of aliphatic hydroxyl groups is 3. The van der Waals surface area contributed by atoms with Crippen LogP contribution in [0.5, 0.6) is 0 Å². The Bertz CT molecular complexity index is 1990. The van der Waals surface area contributed by atoms with Crippen LogP contribution in [-0.2, 0) is 29.2 Å². The number of aryl methyl sites for hydroxylation is 2. The molecule has 2 aromatic rings. The number of nitrogens with zero attached hydrogens (tertiary/aromatic N) is 7. The number of alkyl halides is 1. The molecule has 0 spiro atoms. The van der Waals surface area contributed by atoms with Crippen LogP contribution in [0.2, 0.25) is 0 Å². The van der Waals surface area contributed by atoms with E-state index in [1.165, 1.54) is 23.5 Å². The molecule has 0 atom stereocenters. The number of thioether (sulfide) groups is 1. The van der Waals surface area contributed by atoms with E-state index >= 15 is 0 Å². The summed E-state index contributed by atoms with van der Waals surface area (Å²) in [5.41, 5.74) is 5.43. The van der Waals surface area contributed by atoms with Crippen molar-refractivity contribution in [2.75, 3.05) is 113 Å². The standard InChI is InChI=1S/C16H23N3O4S.C12H16N2O.C4H7NO3S.C4H7NOS.C2H2BrN.C2H6OS/c1-4-19(5-2)14-6-7-15(13(3)12-14)18-16(20)23-9-11-24(21,22)10-8-17;1-4-14(5-2)11-6-7-12(13-9-15)10(3)8-11;5-1-3-9(7,8)4-2-6;5-1-3-7-4-2-6;2*3-1-2-4/h6-7,12H,4-5,9-11H2,1-3H3,(H,18,20);6-8H,4-5H2,1-3H3;6H,2-4H2;6H,2-4H2;1H2;3-4H,1-2H2. The van der Waals surface area contributed by atoms with E-state index in [2.05, 4.69) is 76.4 Å². The van der Waals surface area contributed by atoms with Crippen molar-refractivity contribution >= 4 is 94.9 Å². The number of hydrogen-bond donors (Lipinski definition) is 5. The van der Waals surface area contributed by atoms with E-state index in [1.807, 2.05) is 56.3 Å². The van der Waals surface area contributed by atoms with Gasteiger partial charge >= 0.3 is 6.09 Å². The number of ether oxygens (including phenoxy) is 1. The van der Waals surface area contributed by atoms with Gasteiger partial charge in [0, 0.05) is 54.7 Å². The molecule has 352 valence electrons. The Morgan fingerprint density at radius 3 is 1.63 bits per heavy atom. The number of carbonyl (C=O) groups is 1. The van der Waals surface area contributed by atoms with E-state index in [9.17, 15) is 26.4 Å². The van der Waals surface area contributed by atoms with Crippen LogP contribution >= 0.6 is 40.3 Å². The van der Waals surface area contributed by atoms with E-state index in [4.69, 9.17) is 41.1 Å². The van der Waals surface area contributed by atoms with Gasteiger partial charge in [-0.1, -0.05) is 15.9 Å². The summed E-state index contributed by atoms with van der Waals surface area (Å²) >= 11 is 8.00. The van der Waals surface area contributed by atoms with Gasteiger partial charge in [-0.3, -0.25) is 5.32 Å². The first kappa shape index (κ1) is 65.2. The zero-order valence-corrected chi connectivity index (χ0v) is 41.6. The Hall–Kier alpha value is -4.39. The summed E-state index contributed by atoms with van der Waals surface area (Å²) in [5, 5.41) is 58.9. The second-order valence-corrected chi connectivity index (χ2v) is 18.2. The normalized spacial score (nSPS) is 9.57. The fourth-order valence-electron chi connectivity index (χ4n) is 4.24. The van der Waals surface area contributed by atoms with E-state index < -0.39 is 43.9 Å². The number of nitriles is 4. The van der Waals surface area contributed by atoms with Crippen LogP contribution in [0.25, 0.3) is 0 Å². The number of anilines is 3. The van der Waals surface area contributed by atoms with Crippen LogP contribution in [0.1, 0.15) is 38.8 Å². The van der Waals surface area contributed by atoms with Gasteiger partial charge in [0.05, 0.1) is 72.4 Å². The average Bonchev–Trinajstić information content (AvgIpc) is 3.24. The molecule has 0 aliphatic heterocycles. The largest absolute Gasteiger partial charge is 0.448 e. The number of benzene rings is 2. The lowest BCUT2D eigenvalue weighted by Crippen LogP contribution is -2.22. The molecule has 1 amide bonds. The van der Waals surface area contributed by atoms with Crippen LogP contribution in [0, 0.1) is 59.2 Å². The van der Waals surface area contributed by atoms with Crippen molar-refractivity contribution in [1.29, 1.82) is 21.0 Å². The van der Waals surface area contributed by atoms with Gasteiger partial charge in [-0.05, 0) is 89.1 Å². The molecule has 0 bridgehead atoms. The fraction of sp³-hybridized carbons (Fsp3) is 0.550. The van der Waals surface area contributed by atoms with Gasteiger partial charge in [-0.2, -0.15) is 38.7 Å². The predicted molar refractivity (Wildman–Crippen MR) is 258 cm³/mol. The molecule has 0 aliphatic rings. The summed E-state index contributed by atoms with van der Waals surface area (Å²) < 4.78 is 48.4. The highest BCUT2D eigenvalue weighted by molar-refractivity contribution is 9.09. The summed E-state index contributed by atoms with van der Waals surface area (Å²) in [6.07, 6.45) is 0.841. The molecule has 0 aromatic heterocycles. The number of sulfone groups is 2. The first-order valence-electron chi connectivity index (χ1n) is 19.1. The molecule has 0 aliphatic carbocycles. The summed E-state index contributed by atoms with van der Waals surface area (Å²) in [6.45, 7) is 15.6. The molecule has 0 radical (unpaired) electrons. The van der Waals surface area contributed by atoms with Gasteiger partial charge in [-0.15, -0.1) is 11.8 Å². The van der Waals surface area contributed by atoms with E-state index in [0.29, 0.717) is 34.0 Å². The topological polar surface area (TPSA) is 298 Å². The highest BCUT2D eigenvalue weighted by atomic mass is 79.9. The molecule has 23 heteroatoms. The van der Waals surface area contributed by atoms with Gasteiger partial charge < -0.3 is 29.9 Å². The third-order valence-electron chi connectivity index (χ3n) is 7.21. The molecule has 0 saturated heterocycles. The van der Waals surface area contributed by atoms with Crippen molar-refractivity contribution < 1.29 is 46.5 Å². The molecule has 0 unspecified atom stereocenters. The predicted octanol–water partition coefficient (Wildman–Crippen LogP) is 5.10. The number of halogens is 1. The Morgan fingerprint density at radius 1 is 0.794 bits per heavy atom. The van der Waals surface area contributed by atoms with Crippen LogP contribution in [0.3, 0.4) is 0 Å². The molecular formula is C40H61BrN8O10S4. The Morgan fingerprint density at radius 2 is 1.27 bits per heavy atom. The van der Waals surface area contributed by atoms with E-state index in [-0.39, 0.29) is 31.3 Å². The fourth-order valence-corrected chi connectivity index (χ4v) is 5.91. The lowest BCUT2D eigenvalue weighted by molar-refractivity contribution is 0.168. The number of carbonyl (C=O) groups excluding carboxylic acids is 2. The lowest BCUT2D eigenvalue weighted by atomic mass is 10.1. The number of hydrogen-bond acceptors (Lipinski definition) is 19. The summed E-state index contributed by atoms with van der Waals surface area (Å²) in [6, 6.07) is 18.4. The van der Waals surface area contributed by atoms with Crippen LogP contribution in [-0.4, -0.2) is 143 Å². The minimum Gasteiger partial charge on any atom is -0.448 e. The number of thiol groups is 1. The number of aliphatic imine (C=N–C) groups is 1. The highest BCUT2D eigenvalue weighted by Gasteiger charge is 2.13. The number of isocyanates is 1. The summed E-state index contributed by atoms with van der Waals surface area (Å²) in [5.74, 6) is -0.0417. The smallest absolute Gasteiger partial charge is 0.411 e. The van der Waals surface area contributed by atoms with Crippen molar-refractivity contribution in [3.8, 4) is 24.3 Å². The Labute approximate surface area is 391 Å². The van der Waals surface area contributed by atoms with Crippen molar-refractivity contribution in [3.63, 3.8) is 0 Å². The van der Waals surface area contributed by atoms with Crippen molar-refractivity contribution in [3.05, 3.63) is 47.5 Å². The quantitative estimate of drug-likeness (QED) is 0.0402. The molecule has 4 N–H and O–H groups in total. The van der Waals surface area contributed by atoms with Crippen molar-refractivity contribution in [2.24, 2.45) is 4.99 Å². The number of nitrogens with one attached hydrogen (secondary N) is 1. The summed E-state index contributed by atoms with van der Waals surface area (Å²) in [7, 11) is -6.79. The molecule has 2 aromatic carbocycles. The minimum atomic E-state index is -3.50. The lowest BCUT2D eigenvalue weighted by Gasteiger charge is -2.22. The second-order valence-electron chi connectivity index (χ2n) is 11.7. The third-order valence-corrected chi connectivity index (χ3v) is 11.2. The SMILES string of the molecule is CCN(CC)c1ccc(N=C=O)c(C)c1.CCN(CC)c1ccc(NC(=O)OCCS(=O)(=O)CC#N)c(C)c1.N#CCBr.N#CCS(=O)(=O)CCO.N#CCSCCO.OCCS. The minimum absolute atomic E-state index is 0.173. The maximum Gasteiger partial charge on any atom is 0.411 e. The van der Waals surface area contributed by atoms with Crippen LogP contribution in [0.15, 0.2) is 41.4 Å². The Balaban J connectivity index is -0.000000379. The maximum absolute atomic E-state index is 11.7. The average molecular weight is 1020 g/mol. The molecule has 0 saturated carbocycles. The van der Waals surface area contributed by atoms with Gasteiger partial charge in [0.25, 0.3) is 0 Å². The Kier molecular flexibility index (Phi) is 44.4. The first-order valence-corrected chi connectivity index (χ1v) is 25.7. The highest BCUT2D eigenvalue weighted by Crippen LogP contribution is 2.24. The zero-order valence-electron chi connectivity index (χ0n) is 36.7. The van der Waals surface area contributed by atoms with Crippen LogP contribution in [0.4, 0.5) is 27.5 Å².